The molecule has 1 saturated heterocycles. The quantitative estimate of drug-likeness (QED) is 0.719. The minimum Gasteiger partial charge on any atom is -0.464 e. The molecule has 0 spiro atoms. The molecule has 1 amide bonds. The van der Waals surface area contributed by atoms with Crippen LogP contribution in [0, 0.1) is 0 Å². The highest BCUT2D eigenvalue weighted by Crippen LogP contribution is 2.32. The normalized spacial score (nSPS) is 16.8. The smallest absolute Gasteiger partial charge is 0.227 e. The summed E-state index contributed by atoms with van der Waals surface area (Å²) < 4.78 is 5.68. The summed E-state index contributed by atoms with van der Waals surface area (Å²) in [5.41, 5.74) is 6.13. The van der Waals surface area contributed by atoms with Crippen LogP contribution in [0.25, 0.3) is 11.0 Å². The zero-order valence-electron chi connectivity index (χ0n) is 13.2. The van der Waals surface area contributed by atoms with E-state index in [2.05, 4.69) is 18.2 Å². The molecule has 4 heteroatoms. The van der Waals surface area contributed by atoms with Crippen molar-refractivity contribution in [3.05, 3.63) is 65.4 Å². The molecule has 4 nitrogen and oxygen atoms in total. The molecule has 3 heterocycles. The highest BCUT2D eigenvalue weighted by molar-refractivity contribution is 6.21. The van der Waals surface area contributed by atoms with Gasteiger partial charge in [0.1, 0.15) is 11.8 Å². The number of hydrogen-bond acceptors (Lipinski definition) is 3. The first-order chi connectivity index (χ1) is 11.8. The summed E-state index contributed by atoms with van der Waals surface area (Å²) in [5.74, 6) is 0.209. The Morgan fingerprint density at radius 3 is 2.88 bits per heavy atom. The van der Waals surface area contributed by atoms with E-state index >= 15 is 0 Å². The van der Waals surface area contributed by atoms with Gasteiger partial charge in [-0.05, 0) is 30.2 Å². The first-order valence-electron chi connectivity index (χ1n) is 8.26. The average molecular weight is 316 g/mol. The number of para-hydroxylation sites is 1. The van der Waals surface area contributed by atoms with Crippen molar-refractivity contribution in [1.82, 2.24) is 0 Å². The minimum absolute atomic E-state index is 0.209. The number of furan rings is 1. The van der Waals surface area contributed by atoms with E-state index < -0.39 is 0 Å². The first-order valence-corrected chi connectivity index (χ1v) is 8.26. The number of aliphatic imine (C=N–C) groups is 1. The maximum Gasteiger partial charge on any atom is 0.227 e. The fraction of sp³-hybridized carbons (Fsp3) is 0.200. The molecule has 118 valence electrons. The number of carbonyl (C=O) groups is 1. The molecule has 0 radical (unpaired) electrons. The third-order valence-electron chi connectivity index (χ3n) is 4.88. The third kappa shape index (κ3) is 1.92. The van der Waals surface area contributed by atoms with Crippen LogP contribution in [0.1, 0.15) is 29.5 Å². The molecule has 0 unspecified atom stereocenters. The van der Waals surface area contributed by atoms with Crippen molar-refractivity contribution >= 4 is 28.3 Å². The van der Waals surface area contributed by atoms with Crippen LogP contribution in [0.3, 0.4) is 0 Å². The van der Waals surface area contributed by atoms with Gasteiger partial charge in [-0.15, -0.1) is 0 Å². The van der Waals surface area contributed by atoms with E-state index in [1.165, 1.54) is 5.56 Å². The van der Waals surface area contributed by atoms with Gasteiger partial charge in [-0.3, -0.25) is 9.79 Å². The lowest BCUT2D eigenvalue weighted by Gasteiger charge is -2.17. The maximum absolute atomic E-state index is 12.0. The predicted octanol–water partition coefficient (Wildman–Crippen LogP) is 3.91. The van der Waals surface area contributed by atoms with Crippen LogP contribution < -0.4 is 4.90 Å². The Hall–Kier alpha value is -2.88. The molecule has 3 aromatic rings. The van der Waals surface area contributed by atoms with Crippen molar-refractivity contribution in [3.8, 4) is 0 Å². The lowest BCUT2D eigenvalue weighted by atomic mass is 9.99. The third-order valence-corrected chi connectivity index (χ3v) is 4.88. The van der Waals surface area contributed by atoms with Gasteiger partial charge in [-0.2, -0.15) is 0 Å². The Bertz CT molecular complexity index is 1000. The second-order valence-corrected chi connectivity index (χ2v) is 6.30. The Morgan fingerprint density at radius 2 is 2.00 bits per heavy atom. The van der Waals surface area contributed by atoms with E-state index in [9.17, 15) is 4.79 Å². The molecular formula is C20H16N2O2. The summed E-state index contributed by atoms with van der Waals surface area (Å²) in [6.45, 7) is 1.48. The van der Waals surface area contributed by atoms with Crippen molar-refractivity contribution in [2.24, 2.45) is 4.99 Å². The van der Waals surface area contributed by atoms with Crippen molar-refractivity contribution in [1.29, 1.82) is 0 Å². The van der Waals surface area contributed by atoms with Crippen LogP contribution in [0.2, 0.25) is 0 Å². The largest absolute Gasteiger partial charge is 0.464 e. The molecule has 0 N–H and O–H groups in total. The Morgan fingerprint density at radius 1 is 1.08 bits per heavy atom. The summed E-state index contributed by atoms with van der Waals surface area (Å²) in [5, 5.41) is 1.08. The number of nitrogens with zero attached hydrogens (tertiary/aromatic N) is 2. The van der Waals surface area contributed by atoms with Gasteiger partial charge in [-0.25, -0.2) is 0 Å². The fourth-order valence-electron chi connectivity index (χ4n) is 3.65. The van der Waals surface area contributed by atoms with Crippen molar-refractivity contribution in [2.75, 3.05) is 11.4 Å². The van der Waals surface area contributed by atoms with E-state index in [0.717, 1.165) is 46.5 Å². The van der Waals surface area contributed by atoms with Crippen LogP contribution in [0.15, 0.2) is 58.1 Å². The van der Waals surface area contributed by atoms with Crippen molar-refractivity contribution in [3.63, 3.8) is 0 Å². The van der Waals surface area contributed by atoms with E-state index in [4.69, 9.17) is 9.41 Å². The lowest BCUT2D eigenvalue weighted by molar-refractivity contribution is -0.117. The SMILES string of the molecule is O=C1CCCN1c1ccc2c(c1)C(c1coc3ccccc13)=NC2. The Labute approximate surface area is 139 Å². The van der Waals surface area contributed by atoms with E-state index in [0.29, 0.717) is 13.0 Å². The fourth-order valence-corrected chi connectivity index (χ4v) is 3.65. The minimum atomic E-state index is 0.209. The average Bonchev–Trinajstić information content (AvgIpc) is 3.31. The summed E-state index contributed by atoms with van der Waals surface area (Å²) >= 11 is 0. The number of fused-ring (bicyclic) bond motifs is 2. The summed E-state index contributed by atoms with van der Waals surface area (Å²) in [7, 11) is 0. The number of amides is 1. The number of carbonyl (C=O) groups excluding carboxylic acids is 1. The second-order valence-electron chi connectivity index (χ2n) is 6.30. The van der Waals surface area contributed by atoms with Crippen LogP contribution in [0.5, 0.6) is 0 Å². The predicted molar refractivity (Wildman–Crippen MR) is 93.6 cm³/mol. The molecule has 0 atom stereocenters. The number of benzene rings is 2. The van der Waals surface area contributed by atoms with Gasteiger partial charge in [-0.1, -0.05) is 24.3 Å². The van der Waals surface area contributed by atoms with Gasteiger partial charge in [0, 0.05) is 35.2 Å². The molecular weight excluding hydrogens is 300 g/mol. The van der Waals surface area contributed by atoms with E-state index in [1.807, 2.05) is 29.2 Å². The highest BCUT2D eigenvalue weighted by Gasteiger charge is 2.25. The van der Waals surface area contributed by atoms with Gasteiger partial charge in [0.15, 0.2) is 0 Å². The van der Waals surface area contributed by atoms with E-state index in [-0.39, 0.29) is 5.91 Å². The van der Waals surface area contributed by atoms with Crippen LogP contribution in [0.4, 0.5) is 5.69 Å². The standard InChI is InChI=1S/C20H16N2O2/c23-19-6-3-9-22(19)14-8-7-13-11-21-20(16(13)10-14)17-12-24-18-5-2-1-4-15(17)18/h1-2,4-5,7-8,10,12H,3,6,9,11H2. The monoisotopic (exact) mass is 316 g/mol. The maximum atomic E-state index is 12.0. The summed E-state index contributed by atoms with van der Waals surface area (Å²) in [6, 6.07) is 14.2. The van der Waals surface area contributed by atoms with Crippen LogP contribution >= 0.6 is 0 Å². The zero-order valence-corrected chi connectivity index (χ0v) is 13.2. The Kier molecular flexibility index (Phi) is 2.86. The lowest BCUT2D eigenvalue weighted by Crippen LogP contribution is -2.23. The van der Waals surface area contributed by atoms with Gasteiger partial charge in [0.2, 0.25) is 5.91 Å². The van der Waals surface area contributed by atoms with Gasteiger partial charge >= 0.3 is 0 Å². The first kappa shape index (κ1) is 13.5. The zero-order chi connectivity index (χ0) is 16.1. The molecule has 2 aliphatic rings. The van der Waals surface area contributed by atoms with Gasteiger partial charge in [0.05, 0.1) is 12.3 Å². The molecule has 1 aromatic heterocycles. The topological polar surface area (TPSA) is 45.8 Å². The molecule has 0 aliphatic carbocycles. The molecule has 24 heavy (non-hydrogen) atoms. The molecule has 2 aromatic carbocycles. The highest BCUT2D eigenvalue weighted by atomic mass is 16.3. The van der Waals surface area contributed by atoms with E-state index in [1.54, 1.807) is 6.26 Å². The molecule has 1 fully saturated rings. The second kappa shape index (κ2) is 5.06. The molecule has 0 saturated carbocycles. The molecule has 2 aliphatic heterocycles. The summed E-state index contributed by atoms with van der Waals surface area (Å²) in [6.07, 6.45) is 3.36. The molecule has 0 bridgehead atoms. The van der Waals surface area contributed by atoms with Crippen molar-refractivity contribution in [2.45, 2.75) is 19.4 Å². The van der Waals surface area contributed by atoms with Crippen LogP contribution in [-0.2, 0) is 11.3 Å². The number of hydrogen-bond donors (Lipinski definition) is 0. The van der Waals surface area contributed by atoms with Gasteiger partial charge < -0.3 is 9.32 Å². The molecule has 5 rings (SSSR count). The van der Waals surface area contributed by atoms with Crippen molar-refractivity contribution < 1.29 is 9.21 Å². The Balaban J connectivity index is 1.61. The number of anilines is 1. The van der Waals surface area contributed by atoms with Gasteiger partial charge in [0.25, 0.3) is 0 Å². The van der Waals surface area contributed by atoms with Crippen LogP contribution in [-0.4, -0.2) is 18.2 Å². The number of rotatable bonds is 2. The summed E-state index contributed by atoms with van der Waals surface area (Å²) in [4.78, 5) is 18.7.